The van der Waals surface area contributed by atoms with Crippen LogP contribution in [0.4, 0.5) is 18.9 Å². The normalized spacial score (nSPS) is 14.0. The Hall–Kier alpha value is -2.54. The Balaban J connectivity index is 1.71. The van der Waals surface area contributed by atoms with Gasteiger partial charge in [-0.1, -0.05) is 11.6 Å². The topological polar surface area (TPSA) is 58.2 Å². The number of carbonyl (C=O) groups is 2. The summed E-state index contributed by atoms with van der Waals surface area (Å²) < 4.78 is 38.6. The lowest BCUT2D eigenvalue weighted by atomic mass is 10.1. The second-order valence-corrected chi connectivity index (χ2v) is 6.38. The SMILES string of the molecule is O=C(Nc1ccc(Cl)c(C(F)(F)F)c1)c1ccc(C(=O)NC2CC2)cc1. The van der Waals surface area contributed by atoms with Gasteiger partial charge >= 0.3 is 6.18 Å². The van der Waals surface area contributed by atoms with Crippen molar-refractivity contribution in [3.8, 4) is 0 Å². The molecule has 136 valence electrons. The van der Waals surface area contributed by atoms with Crippen LogP contribution in [0.15, 0.2) is 42.5 Å². The fourth-order valence-corrected chi connectivity index (χ4v) is 2.52. The lowest BCUT2D eigenvalue weighted by Crippen LogP contribution is -2.25. The molecule has 2 amide bonds. The number of hydrogen-bond donors (Lipinski definition) is 2. The number of benzene rings is 2. The molecule has 26 heavy (non-hydrogen) atoms. The molecule has 3 rings (SSSR count). The van der Waals surface area contributed by atoms with Gasteiger partial charge in [-0.3, -0.25) is 9.59 Å². The molecule has 2 N–H and O–H groups in total. The summed E-state index contributed by atoms with van der Waals surface area (Å²) in [5.41, 5.74) is -0.415. The lowest BCUT2D eigenvalue weighted by Gasteiger charge is -2.12. The number of halogens is 4. The van der Waals surface area contributed by atoms with Gasteiger partial charge in [0.15, 0.2) is 0 Å². The number of carbonyl (C=O) groups excluding carboxylic acids is 2. The van der Waals surface area contributed by atoms with Crippen molar-refractivity contribution in [1.82, 2.24) is 5.32 Å². The van der Waals surface area contributed by atoms with E-state index in [2.05, 4.69) is 10.6 Å². The molecule has 1 fully saturated rings. The molecule has 8 heteroatoms. The van der Waals surface area contributed by atoms with Gasteiger partial charge in [-0.2, -0.15) is 13.2 Å². The van der Waals surface area contributed by atoms with E-state index >= 15 is 0 Å². The van der Waals surface area contributed by atoms with E-state index in [4.69, 9.17) is 11.6 Å². The predicted octanol–water partition coefficient (Wildman–Crippen LogP) is 4.50. The minimum Gasteiger partial charge on any atom is -0.349 e. The lowest BCUT2D eigenvalue weighted by molar-refractivity contribution is -0.137. The predicted molar refractivity (Wildman–Crippen MR) is 91.3 cm³/mol. The van der Waals surface area contributed by atoms with Crippen molar-refractivity contribution in [2.24, 2.45) is 0 Å². The Bertz CT molecular complexity index is 847. The molecule has 4 nitrogen and oxygen atoms in total. The van der Waals surface area contributed by atoms with Crippen molar-refractivity contribution in [3.05, 3.63) is 64.2 Å². The van der Waals surface area contributed by atoms with E-state index in [-0.39, 0.29) is 23.2 Å². The third-order valence-corrected chi connectivity index (χ3v) is 4.18. The molecule has 1 saturated carbocycles. The van der Waals surface area contributed by atoms with Crippen LogP contribution in [0.2, 0.25) is 5.02 Å². The first-order valence-corrected chi connectivity index (χ1v) is 8.21. The summed E-state index contributed by atoms with van der Waals surface area (Å²) in [7, 11) is 0. The van der Waals surface area contributed by atoms with Crippen molar-refractivity contribution in [2.75, 3.05) is 5.32 Å². The highest BCUT2D eigenvalue weighted by Gasteiger charge is 2.33. The molecule has 0 bridgehead atoms. The number of anilines is 1. The minimum absolute atomic E-state index is 0.0257. The van der Waals surface area contributed by atoms with Crippen LogP contribution in [0.1, 0.15) is 39.1 Å². The maximum atomic E-state index is 12.9. The molecule has 0 radical (unpaired) electrons. The zero-order valence-electron chi connectivity index (χ0n) is 13.4. The minimum atomic E-state index is -4.62. The highest BCUT2D eigenvalue weighted by Crippen LogP contribution is 2.36. The van der Waals surface area contributed by atoms with Crippen LogP contribution in [0.25, 0.3) is 0 Å². The van der Waals surface area contributed by atoms with Crippen molar-refractivity contribution >= 4 is 29.1 Å². The van der Waals surface area contributed by atoms with Crippen molar-refractivity contribution < 1.29 is 22.8 Å². The van der Waals surface area contributed by atoms with Gasteiger partial charge in [-0.15, -0.1) is 0 Å². The number of nitrogens with one attached hydrogen (secondary N) is 2. The van der Waals surface area contributed by atoms with Gasteiger partial charge in [0.05, 0.1) is 10.6 Å². The summed E-state index contributed by atoms with van der Waals surface area (Å²) in [6.45, 7) is 0. The maximum absolute atomic E-state index is 12.9. The Kier molecular flexibility index (Phi) is 4.91. The van der Waals surface area contributed by atoms with Crippen molar-refractivity contribution in [3.63, 3.8) is 0 Å². The van der Waals surface area contributed by atoms with E-state index in [1.807, 2.05) is 0 Å². The molecule has 0 spiro atoms. The Morgan fingerprint density at radius 1 is 0.962 bits per heavy atom. The largest absolute Gasteiger partial charge is 0.417 e. The first-order chi connectivity index (χ1) is 12.2. The van der Waals surface area contributed by atoms with Crippen LogP contribution >= 0.6 is 11.6 Å². The summed E-state index contributed by atoms with van der Waals surface area (Å²) in [5.74, 6) is -0.804. The Labute approximate surface area is 152 Å². The molecule has 0 saturated heterocycles. The molecular weight excluding hydrogens is 369 g/mol. The maximum Gasteiger partial charge on any atom is 0.417 e. The van der Waals surface area contributed by atoms with E-state index in [9.17, 15) is 22.8 Å². The summed E-state index contributed by atoms with van der Waals surface area (Å²) in [6.07, 6.45) is -2.69. The highest BCUT2D eigenvalue weighted by molar-refractivity contribution is 6.31. The number of rotatable bonds is 4. The standard InChI is InChI=1S/C18H14ClF3N2O2/c19-15-8-7-13(9-14(15)18(20,21)22)24-17(26)11-3-1-10(2-4-11)16(25)23-12-5-6-12/h1-4,7-9,12H,5-6H2,(H,23,25)(H,24,26). The first kappa shape index (κ1) is 18.3. The zero-order chi connectivity index (χ0) is 18.9. The smallest absolute Gasteiger partial charge is 0.349 e. The molecule has 0 unspecified atom stereocenters. The van der Waals surface area contributed by atoms with Crippen LogP contribution in [0.3, 0.4) is 0 Å². The molecule has 0 heterocycles. The van der Waals surface area contributed by atoms with Gasteiger partial charge in [-0.05, 0) is 55.3 Å². The molecule has 0 atom stereocenters. The van der Waals surface area contributed by atoms with Crippen molar-refractivity contribution in [2.45, 2.75) is 25.1 Å². The summed E-state index contributed by atoms with van der Waals surface area (Å²) in [5, 5.41) is 4.77. The van der Waals surface area contributed by atoms with E-state index < -0.39 is 22.7 Å². The van der Waals surface area contributed by atoms with Gasteiger partial charge in [0.2, 0.25) is 0 Å². The second-order valence-electron chi connectivity index (χ2n) is 5.97. The number of amides is 2. The Morgan fingerprint density at radius 3 is 2.08 bits per heavy atom. The molecule has 0 aromatic heterocycles. The second kappa shape index (κ2) is 6.99. The third-order valence-electron chi connectivity index (χ3n) is 3.85. The van der Waals surface area contributed by atoms with Crippen LogP contribution in [-0.2, 0) is 6.18 Å². The molecule has 2 aromatic rings. The average molecular weight is 383 g/mol. The zero-order valence-corrected chi connectivity index (χ0v) is 14.1. The fourth-order valence-electron chi connectivity index (χ4n) is 2.29. The number of hydrogen-bond acceptors (Lipinski definition) is 2. The summed E-state index contributed by atoms with van der Waals surface area (Å²) in [4.78, 5) is 24.1. The van der Waals surface area contributed by atoms with Gasteiger partial charge in [0.25, 0.3) is 11.8 Å². The van der Waals surface area contributed by atoms with E-state index in [0.717, 1.165) is 25.0 Å². The molecule has 1 aliphatic carbocycles. The molecule has 2 aromatic carbocycles. The number of alkyl halides is 3. The molecule has 0 aliphatic heterocycles. The molecular formula is C18H14ClF3N2O2. The van der Waals surface area contributed by atoms with Crippen LogP contribution < -0.4 is 10.6 Å². The van der Waals surface area contributed by atoms with Crippen molar-refractivity contribution in [1.29, 1.82) is 0 Å². The first-order valence-electron chi connectivity index (χ1n) is 7.83. The fraction of sp³-hybridized carbons (Fsp3) is 0.222. The van der Waals surface area contributed by atoms with Gasteiger partial charge in [-0.25, -0.2) is 0 Å². The van der Waals surface area contributed by atoms with Gasteiger partial charge in [0, 0.05) is 22.9 Å². The van der Waals surface area contributed by atoms with Gasteiger partial charge in [0.1, 0.15) is 0 Å². The van der Waals surface area contributed by atoms with E-state index in [1.165, 1.54) is 30.3 Å². The van der Waals surface area contributed by atoms with Gasteiger partial charge < -0.3 is 10.6 Å². The third kappa shape index (κ3) is 4.35. The van der Waals surface area contributed by atoms with Crippen LogP contribution in [0.5, 0.6) is 0 Å². The van der Waals surface area contributed by atoms with E-state index in [1.54, 1.807) is 0 Å². The monoisotopic (exact) mass is 382 g/mol. The molecule has 1 aliphatic rings. The Morgan fingerprint density at radius 2 is 1.54 bits per heavy atom. The highest BCUT2D eigenvalue weighted by atomic mass is 35.5. The van der Waals surface area contributed by atoms with E-state index in [0.29, 0.717) is 5.56 Å². The summed E-state index contributed by atoms with van der Waals surface area (Å²) in [6, 6.07) is 9.23. The van der Waals surface area contributed by atoms with Crippen LogP contribution in [-0.4, -0.2) is 17.9 Å². The van der Waals surface area contributed by atoms with Crippen LogP contribution in [0, 0.1) is 0 Å². The summed E-state index contributed by atoms with van der Waals surface area (Å²) >= 11 is 5.55. The quantitative estimate of drug-likeness (QED) is 0.817. The average Bonchev–Trinajstić information content (AvgIpc) is 3.39.